The zero-order valence-electron chi connectivity index (χ0n) is 18.9. The number of piperidine rings is 1. The lowest BCUT2D eigenvalue weighted by Crippen LogP contribution is -3.17. The number of quaternary nitrogens is 1. The zero-order chi connectivity index (χ0) is 22.5. The van der Waals surface area contributed by atoms with E-state index in [0.717, 1.165) is 37.0 Å². The lowest BCUT2D eigenvalue weighted by Gasteiger charge is -2.31. The molecule has 0 spiro atoms. The number of ether oxygens (including phenoxy) is 2. The van der Waals surface area contributed by atoms with Gasteiger partial charge in [0.1, 0.15) is 5.75 Å². The van der Waals surface area contributed by atoms with E-state index in [1.807, 2.05) is 24.6 Å². The number of hydrogen-bond donors (Lipinski definition) is 3. The van der Waals surface area contributed by atoms with Crippen LogP contribution >= 0.6 is 0 Å². The Balaban J connectivity index is 1.97. The second kappa shape index (κ2) is 10.2. The van der Waals surface area contributed by atoms with E-state index in [0.29, 0.717) is 35.4 Å². The predicted molar refractivity (Wildman–Crippen MR) is 119 cm³/mol. The Morgan fingerprint density at radius 1 is 1.32 bits per heavy atom. The first-order chi connectivity index (χ1) is 14.9. The molecule has 2 heterocycles. The van der Waals surface area contributed by atoms with Crippen molar-refractivity contribution in [3.8, 4) is 5.75 Å². The standard InChI is InChI=1S/C23H33N3O5/c1-5-31-23(29)20-15(2)25(3)17-9-10-18(30-4)22(21(17)20)24-19(28)14-26-12-7-6-8-16(26)11-13-27/h9-10,16,27H,5-8,11-14H2,1-4H3,(H,24,28)/p+1/t16-/m0/s1. The lowest BCUT2D eigenvalue weighted by molar-refractivity contribution is -0.923. The van der Waals surface area contributed by atoms with Gasteiger partial charge >= 0.3 is 5.97 Å². The molecule has 1 aromatic heterocycles. The van der Waals surface area contributed by atoms with Crippen molar-refractivity contribution in [2.75, 3.05) is 38.7 Å². The number of aliphatic hydroxyl groups excluding tert-OH is 1. The normalized spacial score (nSPS) is 18.7. The van der Waals surface area contributed by atoms with E-state index in [2.05, 4.69) is 5.32 Å². The van der Waals surface area contributed by atoms with Crippen molar-refractivity contribution in [1.29, 1.82) is 0 Å². The topological polar surface area (TPSA) is 94.2 Å². The van der Waals surface area contributed by atoms with Gasteiger partial charge in [0.2, 0.25) is 0 Å². The maximum atomic E-state index is 13.1. The highest BCUT2D eigenvalue weighted by Crippen LogP contribution is 2.38. The summed E-state index contributed by atoms with van der Waals surface area (Å²) in [6.45, 7) is 5.26. The molecule has 2 aromatic rings. The Hall–Kier alpha value is -2.58. The Kier molecular flexibility index (Phi) is 7.56. The minimum Gasteiger partial charge on any atom is -0.495 e. The van der Waals surface area contributed by atoms with Gasteiger partial charge in [0.15, 0.2) is 6.54 Å². The molecule has 3 N–H and O–H groups in total. The Labute approximate surface area is 183 Å². The van der Waals surface area contributed by atoms with Gasteiger partial charge < -0.3 is 29.4 Å². The third-order valence-corrected chi connectivity index (χ3v) is 6.33. The Morgan fingerprint density at radius 3 is 2.77 bits per heavy atom. The van der Waals surface area contributed by atoms with Crippen molar-refractivity contribution in [3.63, 3.8) is 0 Å². The van der Waals surface area contributed by atoms with E-state index in [4.69, 9.17) is 9.47 Å². The highest BCUT2D eigenvalue weighted by atomic mass is 16.5. The molecule has 8 heteroatoms. The van der Waals surface area contributed by atoms with E-state index in [-0.39, 0.29) is 25.2 Å². The highest BCUT2D eigenvalue weighted by Gasteiger charge is 2.29. The number of likely N-dealkylation sites (tertiary alicyclic amines) is 1. The highest BCUT2D eigenvalue weighted by molar-refractivity contribution is 6.14. The number of esters is 1. The number of carbonyl (C=O) groups is 2. The van der Waals surface area contributed by atoms with Crippen LogP contribution in [-0.4, -0.2) is 61.0 Å². The monoisotopic (exact) mass is 432 g/mol. The van der Waals surface area contributed by atoms with E-state index in [9.17, 15) is 14.7 Å². The fraction of sp³-hybridized carbons (Fsp3) is 0.565. The molecule has 1 aromatic carbocycles. The number of carbonyl (C=O) groups excluding carboxylic acids is 2. The Morgan fingerprint density at radius 2 is 2.10 bits per heavy atom. The summed E-state index contributed by atoms with van der Waals surface area (Å²) in [6, 6.07) is 3.97. The summed E-state index contributed by atoms with van der Waals surface area (Å²) in [7, 11) is 3.43. The molecule has 0 bridgehead atoms. The van der Waals surface area contributed by atoms with Crippen LogP contribution in [0.2, 0.25) is 0 Å². The van der Waals surface area contributed by atoms with Gasteiger partial charge in [-0.1, -0.05) is 0 Å². The molecule has 1 unspecified atom stereocenters. The molecule has 1 saturated heterocycles. The number of nitrogens with one attached hydrogen (secondary N) is 2. The van der Waals surface area contributed by atoms with Crippen molar-refractivity contribution < 1.29 is 29.1 Å². The molecule has 2 atom stereocenters. The number of benzene rings is 1. The molecule has 0 saturated carbocycles. The second-order valence-electron chi connectivity index (χ2n) is 8.12. The van der Waals surface area contributed by atoms with E-state index >= 15 is 0 Å². The van der Waals surface area contributed by atoms with Gasteiger partial charge in [-0.25, -0.2) is 4.79 Å². The van der Waals surface area contributed by atoms with Crippen molar-refractivity contribution in [1.82, 2.24) is 4.57 Å². The number of rotatable bonds is 8. The molecule has 1 aliphatic heterocycles. The van der Waals surface area contributed by atoms with Gasteiger partial charge in [-0.2, -0.15) is 0 Å². The third kappa shape index (κ3) is 4.70. The number of anilines is 1. The van der Waals surface area contributed by atoms with Crippen LogP contribution < -0.4 is 15.0 Å². The van der Waals surface area contributed by atoms with Gasteiger partial charge in [-0.15, -0.1) is 0 Å². The summed E-state index contributed by atoms with van der Waals surface area (Å²) in [5.74, 6) is -0.0569. The minimum absolute atomic E-state index is 0.134. The average molecular weight is 433 g/mol. The molecule has 170 valence electrons. The fourth-order valence-electron chi connectivity index (χ4n) is 4.66. The number of amides is 1. The number of aromatic nitrogens is 1. The first kappa shape index (κ1) is 23.1. The maximum absolute atomic E-state index is 13.1. The van der Waals surface area contributed by atoms with Gasteiger partial charge in [-0.3, -0.25) is 4.79 Å². The second-order valence-corrected chi connectivity index (χ2v) is 8.12. The van der Waals surface area contributed by atoms with Crippen LogP contribution in [0.3, 0.4) is 0 Å². The van der Waals surface area contributed by atoms with Crippen molar-refractivity contribution >= 4 is 28.5 Å². The minimum atomic E-state index is -0.418. The number of aliphatic hydroxyl groups is 1. The maximum Gasteiger partial charge on any atom is 0.340 e. The SMILES string of the molecule is CCOC(=O)c1c(C)n(C)c2ccc(OC)c(NC(=O)C[NH+]3CCCC[C@H]3CCO)c12. The molecular weight excluding hydrogens is 398 g/mol. The molecule has 1 fully saturated rings. The number of nitrogens with zero attached hydrogens (tertiary/aromatic N) is 1. The molecule has 1 amide bonds. The number of fused-ring (bicyclic) bond motifs is 1. The molecular formula is C23H34N3O5+. The van der Waals surface area contributed by atoms with Crippen LogP contribution in [0.25, 0.3) is 10.9 Å². The summed E-state index contributed by atoms with van der Waals surface area (Å²) in [4.78, 5) is 27.0. The van der Waals surface area contributed by atoms with E-state index in [1.165, 1.54) is 4.90 Å². The molecule has 0 aliphatic carbocycles. The third-order valence-electron chi connectivity index (χ3n) is 6.33. The summed E-state index contributed by atoms with van der Waals surface area (Å²) < 4.78 is 12.7. The molecule has 1 aliphatic rings. The number of methoxy groups -OCH3 is 1. The van der Waals surface area contributed by atoms with Crippen molar-refractivity contribution in [3.05, 3.63) is 23.4 Å². The average Bonchev–Trinajstić information content (AvgIpc) is 3.01. The largest absolute Gasteiger partial charge is 0.495 e. The zero-order valence-corrected chi connectivity index (χ0v) is 18.9. The van der Waals surface area contributed by atoms with Crippen LogP contribution in [-0.2, 0) is 16.6 Å². The van der Waals surface area contributed by atoms with Gasteiger partial charge in [-0.05, 0) is 45.2 Å². The van der Waals surface area contributed by atoms with E-state index < -0.39 is 5.97 Å². The lowest BCUT2D eigenvalue weighted by atomic mass is 9.99. The summed E-state index contributed by atoms with van der Waals surface area (Å²) in [6.07, 6.45) is 3.93. The summed E-state index contributed by atoms with van der Waals surface area (Å²) in [5, 5.41) is 13.0. The summed E-state index contributed by atoms with van der Waals surface area (Å²) >= 11 is 0. The van der Waals surface area contributed by atoms with Gasteiger partial charge in [0.25, 0.3) is 5.91 Å². The molecule has 8 nitrogen and oxygen atoms in total. The molecule has 31 heavy (non-hydrogen) atoms. The molecule has 3 rings (SSSR count). The predicted octanol–water partition coefficient (Wildman–Crippen LogP) is 1.43. The summed E-state index contributed by atoms with van der Waals surface area (Å²) in [5.41, 5.74) is 2.52. The Bertz CT molecular complexity index is 951. The number of hydrogen-bond acceptors (Lipinski definition) is 5. The van der Waals surface area contributed by atoms with Crippen LogP contribution in [0.15, 0.2) is 12.1 Å². The van der Waals surface area contributed by atoms with Crippen LogP contribution in [0.1, 0.15) is 48.7 Å². The number of aryl methyl sites for hydroxylation is 1. The van der Waals surface area contributed by atoms with Crippen LogP contribution in [0.5, 0.6) is 5.75 Å². The van der Waals surface area contributed by atoms with E-state index in [1.54, 1.807) is 20.1 Å². The van der Waals surface area contributed by atoms with Crippen molar-refractivity contribution in [2.24, 2.45) is 7.05 Å². The van der Waals surface area contributed by atoms with Crippen LogP contribution in [0.4, 0.5) is 5.69 Å². The van der Waals surface area contributed by atoms with Gasteiger partial charge in [0, 0.05) is 31.2 Å². The molecule has 0 radical (unpaired) electrons. The van der Waals surface area contributed by atoms with Crippen molar-refractivity contribution in [2.45, 2.75) is 45.6 Å². The van der Waals surface area contributed by atoms with Crippen LogP contribution in [0, 0.1) is 6.92 Å². The fourth-order valence-corrected chi connectivity index (χ4v) is 4.66. The van der Waals surface area contributed by atoms with Gasteiger partial charge in [0.05, 0.1) is 43.1 Å². The smallest absolute Gasteiger partial charge is 0.340 e. The first-order valence-corrected chi connectivity index (χ1v) is 11.0. The quantitative estimate of drug-likeness (QED) is 0.549. The first-order valence-electron chi connectivity index (χ1n) is 11.0.